The first kappa shape index (κ1) is 47.5. The molecule has 86 heavy (non-hydrogen) atoms. The van der Waals surface area contributed by atoms with Crippen LogP contribution in [0.2, 0.25) is 0 Å². The van der Waals surface area contributed by atoms with Crippen LogP contribution in [-0.4, -0.2) is 37.0 Å². The highest BCUT2D eigenvalue weighted by molar-refractivity contribution is 7.91. The van der Waals surface area contributed by atoms with Crippen molar-refractivity contribution in [3.63, 3.8) is 0 Å². The maximum atomic E-state index is 14.4. The third-order valence-corrected chi connectivity index (χ3v) is 20.3. The largest absolute Gasteiger partial charge is 0.458 e. The van der Waals surface area contributed by atoms with Gasteiger partial charge in [0, 0.05) is 73.9 Å². The Morgan fingerprint density at radius 3 is 1.34 bits per heavy atom. The first-order valence-electron chi connectivity index (χ1n) is 28.8. The van der Waals surface area contributed by atoms with E-state index in [4.69, 9.17) is 18.9 Å². The van der Waals surface area contributed by atoms with Crippen LogP contribution in [0.5, 0.6) is 46.0 Å². The number of hydrogen-bond acceptors (Lipinski definition) is 8. The number of allylic oxidation sites excluding steroid dienone is 2. The van der Waals surface area contributed by atoms with Gasteiger partial charge in [-0.05, 0) is 107 Å². The maximum absolute atomic E-state index is 14.4. The molecule has 19 rings (SSSR count). The van der Waals surface area contributed by atoms with Gasteiger partial charge >= 0.3 is 0 Å². The van der Waals surface area contributed by atoms with E-state index in [1.165, 1.54) is 24.3 Å². The summed E-state index contributed by atoms with van der Waals surface area (Å²) in [5, 5.41) is 13.7. The Hall–Kier alpha value is -10.9. The molecule has 2 atom stereocenters. The zero-order chi connectivity index (χ0) is 56.7. The molecule has 10 nitrogen and oxygen atoms in total. The summed E-state index contributed by atoms with van der Waals surface area (Å²) in [6, 6.07) is 74.6. The van der Waals surface area contributed by atoms with Crippen molar-refractivity contribution < 1.29 is 27.4 Å². The van der Waals surface area contributed by atoms with Crippen molar-refractivity contribution in [2.75, 3.05) is 4.90 Å². The number of hydrogen-bond donors (Lipinski definition) is 0. The Balaban J connectivity index is 0.929. The van der Waals surface area contributed by atoms with E-state index < -0.39 is 9.84 Å². The van der Waals surface area contributed by atoms with Crippen LogP contribution in [-0.2, 0) is 9.84 Å². The topological polar surface area (TPSA) is 108 Å². The highest BCUT2D eigenvalue weighted by Gasteiger charge is 2.46. The second kappa shape index (κ2) is 17.3. The van der Waals surface area contributed by atoms with Gasteiger partial charge in [0.05, 0.1) is 66.6 Å². The second-order valence-corrected chi connectivity index (χ2v) is 24.8. The highest BCUT2D eigenvalue weighted by atomic mass is 32.2. The molecule has 0 fully saturated rings. The summed E-state index contributed by atoms with van der Waals surface area (Å²) in [7, 11) is -3.95. The minimum absolute atomic E-state index is 0.104. The quantitative estimate of drug-likeness (QED) is 0.157. The van der Waals surface area contributed by atoms with Crippen molar-refractivity contribution in [2.24, 2.45) is 0 Å². The van der Waals surface area contributed by atoms with E-state index in [-0.39, 0.29) is 35.2 Å². The maximum Gasteiger partial charge on any atom is 0.260 e. The molecule has 2 aromatic heterocycles. The molecule has 7 heterocycles. The third kappa shape index (κ3) is 6.37. The second-order valence-electron chi connectivity index (χ2n) is 22.8. The van der Waals surface area contributed by atoms with Crippen LogP contribution in [0, 0.1) is 11.3 Å². The molecule has 2 unspecified atom stereocenters. The van der Waals surface area contributed by atoms with Gasteiger partial charge in [-0.1, -0.05) is 133 Å². The van der Waals surface area contributed by atoms with E-state index in [1.54, 1.807) is 12.1 Å². The fourth-order valence-electron chi connectivity index (χ4n) is 15.0. The molecule has 13 heteroatoms. The lowest BCUT2D eigenvalue weighted by Gasteiger charge is -2.33. The van der Waals surface area contributed by atoms with Crippen molar-refractivity contribution >= 4 is 111 Å². The minimum Gasteiger partial charge on any atom is -0.458 e. The number of aromatic nitrogens is 2. The number of nitrogens with zero attached hydrogens (tertiary/aromatic N) is 4. The van der Waals surface area contributed by atoms with E-state index in [0.717, 1.165) is 151 Å². The normalized spacial score (nSPS) is 16.0. The number of benzene rings is 11. The Morgan fingerprint density at radius 2 is 0.849 bits per heavy atom. The number of nitriles is 1. The van der Waals surface area contributed by atoms with Gasteiger partial charge < -0.3 is 33.0 Å². The molecule has 0 N–H and O–H groups in total. The SMILES string of the molecule is N#Cc1ccc(S(=O)(=O)c2ccc(N3c4c(c5c(c6ccccc6n5-c5cc6c7c(c5)Oc5ccccc5B7c5ccccc5O6)c5c4c4ccccc4n5-c4cc5c6c(c4)Oc4ccccc4B6c4ccccc4O5)C4C=CC=CC43)cc2)cc1. The average Bonchev–Trinajstić information content (AvgIpc) is 1.50. The average molecular weight is 1120 g/mol. The summed E-state index contributed by atoms with van der Waals surface area (Å²) >= 11 is 0. The van der Waals surface area contributed by atoms with Gasteiger partial charge in [-0.2, -0.15) is 5.26 Å². The van der Waals surface area contributed by atoms with Crippen molar-refractivity contribution in [3.8, 4) is 63.4 Å². The van der Waals surface area contributed by atoms with Crippen LogP contribution in [0.1, 0.15) is 17.0 Å². The van der Waals surface area contributed by atoms with E-state index in [0.29, 0.717) is 5.56 Å². The Kier molecular flexibility index (Phi) is 9.58. The molecule has 13 aromatic rings. The zero-order valence-electron chi connectivity index (χ0n) is 45.6. The predicted octanol–water partition coefficient (Wildman–Crippen LogP) is 12.8. The molecular weight excluding hydrogens is 1080 g/mol. The number of sulfone groups is 1. The monoisotopic (exact) mass is 1120 g/mol. The van der Waals surface area contributed by atoms with Crippen LogP contribution in [0.4, 0.5) is 11.4 Å². The molecule has 0 radical (unpaired) electrons. The standard InChI is InChI=1S/C73H42B2N4O6S/c76-41-42-29-33-46(34-30-42)86(80,81)47-35-31-43(32-36-47)77-55-22-8-1-15-48(55)66-71(77)67-49-16-2-9-23-56(49)78(44-37-62-69-63(38-44)83-59-26-12-5-19-52(59)74(69)51-18-4-11-25-58(51)82-62)73(67)68-50-17-3-10-24-57(50)79(72(66)68)45-39-64-70-65(40-45)85-61-28-14-7-21-54(61)75(70)53-20-6-13-27-60(53)84-64/h1-40,48,55H. The lowest BCUT2D eigenvalue weighted by molar-refractivity contribution is 0.463. The lowest BCUT2D eigenvalue weighted by atomic mass is 9.35. The molecule has 0 saturated carbocycles. The summed E-state index contributed by atoms with van der Waals surface area (Å²) in [6.07, 6.45) is 8.85. The molecule has 0 amide bonds. The number of ether oxygens (including phenoxy) is 4. The summed E-state index contributed by atoms with van der Waals surface area (Å²) in [5.74, 6) is 5.97. The highest BCUT2D eigenvalue weighted by Crippen LogP contribution is 2.59. The molecule has 0 spiro atoms. The molecule has 0 saturated heterocycles. The van der Waals surface area contributed by atoms with Gasteiger partial charge in [-0.25, -0.2) is 8.42 Å². The number of para-hydroxylation sites is 6. The molecule has 5 aliphatic heterocycles. The summed E-state index contributed by atoms with van der Waals surface area (Å²) in [6.45, 7) is -0.210. The zero-order valence-corrected chi connectivity index (χ0v) is 46.4. The number of anilines is 2. The van der Waals surface area contributed by atoms with Gasteiger partial charge in [0.2, 0.25) is 9.84 Å². The van der Waals surface area contributed by atoms with Gasteiger partial charge in [-0.3, -0.25) is 0 Å². The van der Waals surface area contributed by atoms with Crippen molar-refractivity contribution in [1.29, 1.82) is 5.26 Å². The van der Waals surface area contributed by atoms with Crippen molar-refractivity contribution in [3.05, 3.63) is 254 Å². The number of rotatable bonds is 5. The van der Waals surface area contributed by atoms with Crippen LogP contribution in [0.15, 0.2) is 252 Å². The first-order chi connectivity index (χ1) is 42.4. The van der Waals surface area contributed by atoms with Crippen LogP contribution in [0.3, 0.4) is 0 Å². The minimum atomic E-state index is -3.95. The fourth-order valence-corrected chi connectivity index (χ4v) is 16.3. The van der Waals surface area contributed by atoms with Gasteiger partial charge in [0.25, 0.3) is 13.4 Å². The Morgan fingerprint density at radius 1 is 0.430 bits per heavy atom. The van der Waals surface area contributed by atoms with E-state index in [2.05, 4.69) is 190 Å². The van der Waals surface area contributed by atoms with Crippen molar-refractivity contribution in [1.82, 2.24) is 9.13 Å². The summed E-state index contributed by atoms with van der Waals surface area (Å²) in [4.78, 5) is 2.69. The first-order valence-corrected chi connectivity index (χ1v) is 30.3. The lowest BCUT2D eigenvalue weighted by Crippen LogP contribution is -2.57. The Bertz CT molecular complexity index is 5310. The van der Waals surface area contributed by atoms with Crippen LogP contribution < -0.4 is 56.6 Å². The van der Waals surface area contributed by atoms with E-state index >= 15 is 0 Å². The van der Waals surface area contributed by atoms with Crippen LogP contribution >= 0.6 is 0 Å². The smallest absolute Gasteiger partial charge is 0.260 e. The molecule has 1 aliphatic carbocycles. The van der Waals surface area contributed by atoms with Gasteiger partial charge in [-0.15, -0.1) is 0 Å². The molecule has 6 aliphatic rings. The fraction of sp³-hybridized carbons (Fsp3) is 0.0274. The third-order valence-electron chi connectivity index (χ3n) is 18.5. The molecule has 402 valence electrons. The van der Waals surface area contributed by atoms with Crippen LogP contribution in [0.25, 0.3) is 55.0 Å². The van der Waals surface area contributed by atoms with Crippen molar-refractivity contribution in [2.45, 2.75) is 21.8 Å². The molecule has 11 aromatic carbocycles. The number of fused-ring (bicyclic) bond motifs is 20. The summed E-state index contributed by atoms with van der Waals surface area (Å²) < 4.78 is 61.7. The predicted molar refractivity (Wildman–Crippen MR) is 340 cm³/mol. The molecular formula is C73H42B2N4O6S. The van der Waals surface area contributed by atoms with Gasteiger partial charge in [0.15, 0.2) is 0 Å². The van der Waals surface area contributed by atoms with E-state index in [1.807, 2.05) is 36.4 Å². The van der Waals surface area contributed by atoms with Gasteiger partial charge in [0.1, 0.15) is 46.0 Å². The van der Waals surface area contributed by atoms with E-state index in [9.17, 15) is 13.7 Å². The Labute approximate surface area is 493 Å². The molecule has 0 bridgehead atoms. The summed E-state index contributed by atoms with van der Waals surface area (Å²) in [5.41, 5.74) is 15.4.